The maximum Gasteiger partial charge on any atom is 0.386 e. The molecule has 1 amide bonds. The number of alkyl halides is 4. The van der Waals surface area contributed by atoms with Gasteiger partial charge in [0, 0.05) is 51.9 Å². The Balaban J connectivity index is 0.00000121. The Morgan fingerprint density at radius 3 is 2.28 bits per heavy atom. The highest BCUT2D eigenvalue weighted by molar-refractivity contribution is 6.24. The van der Waals surface area contributed by atoms with Gasteiger partial charge in [-0.3, -0.25) is 9.80 Å². The van der Waals surface area contributed by atoms with E-state index in [1.165, 1.54) is 12.1 Å². The number of hydrogen-bond acceptors (Lipinski definition) is 5. The number of amides is 1. The molecule has 1 fully saturated rings. The van der Waals surface area contributed by atoms with Gasteiger partial charge in [0.15, 0.2) is 0 Å². The van der Waals surface area contributed by atoms with E-state index in [-0.39, 0.29) is 25.2 Å². The Morgan fingerprint density at radius 2 is 1.81 bits per heavy atom. The molecule has 0 saturated carbocycles. The Kier molecular flexibility index (Phi) is 14.5. The topological polar surface area (TPSA) is 48.4 Å². The smallest absolute Gasteiger partial charge is 0.386 e. The van der Waals surface area contributed by atoms with Gasteiger partial charge in [-0.05, 0) is 19.1 Å². The van der Waals surface area contributed by atoms with Crippen molar-refractivity contribution in [1.29, 1.82) is 0 Å². The lowest BCUT2D eigenvalue weighted by Gasteiger charge is -2.37. The molecule has 0 atom stereocenters. The maximum atomic E-state index is 13.6. The van der Waals surface area contributed by atoms with Crippen LogP contribution in [0, 0.1) is 5.82 Å². The number of hydrogen-bond donors (Lipinski definition) is 0. The minimum absolute atomic E-state index is 0.0272. The quantitative estimate of drug-likeness (QED) is 0.245. The monoisotopic (exact) mass is 484 g/mol. The predicted molar refractivity (Wildman–Crippen MR) is 121 cm³/mol. The first kappa shape index (κ1) is 29.8. The highest BCUT2D eigenvalue weighted by Gasteiger charge is 2.24. The molecule has 32 heavy (non-hydrogen) atoms. The minimum Gasteiger partial charge on any atom is -0.495 e. The van der Waals surface area contributed by atoms with Crippen molar-refractivity contribution in [2.24, 2.45) is 5.10 Å². The summed E-state index contributed by atoms with van der Waals surface area (Å²) in [5.41, 5.74) is 0.719. The number of rotatable bonds is 7. The van der Waals surface area contributed by atoms with Crippen molar-refractivity contribution in [3.8, 4) is 5.75 Å². The van der Waals surface area contributed by atoms with Crippen LogP contribution in [0.1, 0.15) is 27.7 Å². The second kappa shape index (κ2) is 15.6. The largest absolute Gasteiger partial charge is 0.495 e. The van der Waals surface area contributed by atoms with Gasteiger partial charge < -0.3 is 14.5 Å². The van der Waals surface area contributed by atoms with Gasteiger partial charge in [-0.25, -0.2) is 4.39 Å². The summed E-state index contributed by atoms with van der Waals surface area (Å²) < 4.78 is 49.9. The number of likely N-dealkylation sites (N-methyl/N-ethyl adjacent to an activating group) is 1. The molecule has 1 aliphatic rings. The van der Waals surface area contributed by atoms with E-state index in [0.717, 1.165) is 5.69 Å². The minimum atomic E-state index is -4.00. The number of halogens is 5. The van der Waals surface area contributed by atoms with E-state index < -0.39 is 6.18 Å². The fourth-order valence-corrected chi connectivity index (χ4v) is 2.81. The SMILES string of the molecule is CC.CC(F)(F)F.CCN(CC(=O)N1CCN(c2cc(F)ccc2OC)CC1)/N=C\CCl. The van der Waals surface area contributed by atoms with Crippen LogP contribution < -0.4 is 9.64 Å². The molecular weight excluding hydrogens is 452 g/mol. The van der Waals surface area contributed by atoms with Crippen LogP contribution in [0.25, 0.3) is 0 Å². The zero-order chi connectivity index (χ0) is 24.7. The summed E-state index contributed by atoms with van der Waals surface area (Å²) in [4.78, 5) is 16.3. The molecule has 0 unspecified atom stereocenters. The fraction of sp³-hybridized carbons (Fsp3) is 0.619. The molecule has 1 saturated heterocycles. The zero-order valence-corrected chi connectivity index (χ0v) is 20.0. The van der Waals surface area contributed by atoms with Crippen LogP contribution in [0.2, 0.25) is 0 Å². The Hall–Kier alpha value is -2.23. The standard InChI is InChI=1S/C17H24ClFN4O2.C2H3F3.C2H6/c1-3-23(20-7-6-18)13-17(24)22-10-8-21(9-11-22)15-12-14(19)4-5-16(15)25-2;1-2(3,4)5;1-2/h4-5,7,12H,3,6,8-11,13H2,1-2H3;1H3;1-2H3/b20-7-;;. The van der Waals surface area contributed by atoms with Gasteiger partial charge in [0.25, 0.3) is 0 Å². The molecule has 1 heterocycles. The van der Waals surface area contributed by atoms with Crippen molar-refractivity contribution in [1.82, 2.24) is 9.91 Å². The maximum absolute atomic E-state index is 13.6. The van der Waals surface area contributed by atoms with Gasteiger partial charge in [0.1, 0.15) is 18.1 Å². The number of ether oxygens (including phenoxy) is 1. The summed E-state index contributed by atoms with van der Waals surface area (Å²) in [6.07, 6.45) is -2.42. The number of methoxy groups -OCH3 is 1. The Morgan fingerprint density at radius 1 is 1.25 bits per heavy atom. The van der Waals surface area contributed by atoms with Crippen molar-refractivity contribution >= 4 is 29.4 Å². The van der Waals surface area contributed by atoms with E-state index in [9.17, 15) is 22.4 Å². The van der Waals surface area contributed by atoms with Gasteiger partial charge in [-0.2, -0.15) is 18.3 Å². The molecule has 2 rings (SSSR count). The summed E-state index contributed by atoms with van der Waals surface area (Å²) >= 11 is 5.58. The van der Waals surface area contributed by atoms with Crippen LogP contribution in [0.3, 0.4) is 0 Å². The lowest BCUT2D eigenvalue weighted by molar-refractivity contribution is -0.132. The second-order valence-corrected chi connectivity index (χ2v) is 6.71. The predicted octanol–water partition coefficient (Wildman–Crippen LogP) is 4.62. The summed E-state index contributed by atoms with van der Waals surface area (Å²) in [7, 11) is 1.57. The van der Waals surface area contributed by atoms with Crippen molar-refractivity contribution in [2.75, 3.05) is 57.2 Å². The van der Waals surface area contributed by atoms with Gasteiger partial charge in [0.05, 0.1) is 18.7 Å². The third kappa shape index (κ3) is 12.0. The van der Waals surface area contributed by atoms with Crippen LogP contribution in [-0.2, 0) is 4.79 Å². The van der Waals surface area contributed by atoms with Gasteiger partial charge in [-0.1, -0.05) is 13.8 Å². The average molecular weight is 485 g/mol. The van der Waals surface area contributed by atoms with Gasteiger partial charge in [0.2, 0.25) is 5.91 Å². The van der Waals surface area contributed by atoms with Crippen LogP contribution in [0.15, 0.2) is 23.3 Å². The molecule has 6 nitrogen and oxygen atoms in total. The van der Waals surface area contributed by atoms with E-state index in [2.05, 4.69) is 5.10 Å². The first-order chi connectivity index (χ1) is 15.1. The summed E-state index contributed by atoms with van der Waals surface area (Å²) in [5.74, 6) is 0.678. The number of carbonyl (C=O) groups excluding carboxylic acids is 1. The van der Waals surface area contributed by atoms with Crippen molar-refractivity contribution in [2.45, 2.75) is 33.9 Å². The molecule has 0 N–H and O–H groups in total. The van der Waals surface area contributed by atoms with Crippen LogP contribution >= 0.6 is 11.6 Å². The van der Waals surface area contributed by atoms with E-state index in [0.29, 0.717) is 44.4 Å². The summed E-state index contributed by atoms with van der Waals surface area (Å²) in [6.45, 7) is 9.41. The number of nitrogens with zero attached hydrogens (tertiary/aromatic N) is 4. The molecule has 0 aliphatic carbocycles. The molecule has 1 aromatic rings. The van der Waals surface area contributed by atoms with Crippen molar-refractivity contribution in [3.63, 3.8) is 0 Å². The number of piperazine rings is 1. The molecule has 1 aliphatic heterocycles. The van der Waals surface area contributed by atoms with E-state index >= 15 is 0 Å². The second-order valence-electron chi connectivity index (χ2n) is 6.40. The van der Waals surface area contributed by atoms with E-state index in [1.807, 2.05) is 25.7 Å². The lowest BCUT2D eigenvalue weighted by Crippen LogP contribution is -2.51. The van der Waals surface area contributed by atoms with Crippen molar-refractivity contribution < 1.29 is 27.1 Å². The Bertz CT molecular complexity index is 691. The normalized spacial score (nSPS) is 13.7. The molecule has 0 spiro atoms. The number of hydrazone groups is 1. The Labute approximate surface area is 192 Å². The van der Waals surface area contributed by atoms with E-state index in [1.54, 1.807) is 29.3 Å². The number of benzene rings is 1. The zero-order valence-electron chi connectivity index (χ0n) is 19.3. The number of carbonyl (C=O) groups is 1. The van der Waals surface area contributed by atoms with Crippen LogP contribution in [0.5, 0.6) is 5.75 Å². The van der Waals surface area contributed by atoms with E-state index in [4.69, 9.17) is 16.3 Å². The molecular formula is C21H33ClF4N4O2. The molecule has 0 aromatic heterocycles. The fourth-order valence-electron chi connectivity index (χ4n) is 2.74. The third-order valence-corrected chi connectivity index (χ3v) is 4.25. The molecule has 11 heteroatoms. The van der Waals surface area contributed by atoms with Gasteiger partial charge >= 0.3 is 6.18 Å². The van der Waals surface area contributed by atoms with Crippen LogP contribution in [0.4, 0.5) is 23.2 Å². The molecule has 1 aromatic carbocycles. The first-order valence-electron chi connectivity index (χ1n) is 10.3. The summed E-state index contributed by atoms with van der Waals surface area (Å²) in [5, 5.41) is 5.84. The van der Waals surface area contributed by atoms with Gasteiger partial charge in [-0.15, -0.1) is 11.6 Å². The highest BCUT2D eigenvalue weighted by atomic mass is 35.5. The first-order valence-corrected chi connectivity index (χ1v) is 10.9. The number of anilines is 1. The molecule has 0 bridgehead atoms. The van der Waals surface area contributed by atoms with Crippen LogP contribution in [-0.4, -0.2) is 80.5 Å². The summed E-state index contributed by atoms with van der Waals surface area (Å²) in [6, 6.07) is 4.47. The average Bonchev–Trinajstić information content (AvgIpc) is 2.76. The third-order valence-electron chi connectivity index (χ3n) is 4.11. The lowest BCUT2D eigenvalue weighted by atomic mass is 10.2. The highest BCUT2D eigenvalue weighted by Crippen LogP contribution is 2.29. The molecule has 0 radical (unpaired) electrons. The molecule has 184 valence electrons. The van der Waals surface area contributed by atoms with Crippen molar-refractivity contribution in [3.05, 3.63) is 24.0 Å².